The Balaban J connectivity index is 1.70. The summed E-state index contributed by atoms with van der Waals surface area (Å²) in [6.07, 6.45) is 0.227. The van der Waals surface area contributed by atoms with Gasteiger partial charge in [-0.1, -0.05) is 79.7 Å². The number of rotatable bonds is 10. The second-order valence-electron chi connectivity index (χ2n) is 11.6. The second-order valence-corrected chi connectivity index (χ2v) is 11.6. The fourth-order valence-corrected chi connectivity index (χ4v) is 4.87. The van der Waals surface area contributed by atoms with Crippen LogP contribution in [0.4, 0.5) is 4.79 Å². The Morgan fingerprint density at radius 1 is 0.951 bits per heavy atom. The molecule has 216 valence electrons. The minimum absolute atomic E-state index is 0.00711. The molecule has 0 heterocycles. The van der Waals surface area contributed by atoms with Crippen LogP contribution in [-0.2, 0) is 27.3 Å². The largest absolute Gasteiger partial charge is 0.508 e. The van der Waals surface area contributed by atoms with Crippen LogP contribution in [0.5, 0.6) is 5.75 Å². The predicted molar refractivity (Wildman–Crippen MR) is 157 cm³/mol. The third-order valence-corrected chi connectivity index (χ3v) is 6.97. The number of amides is 3. The molecule has 8 heteroatoms. The summed E-state index contributed by atoms with van der Waals surface area (Å²) in [5.74, 6) is -0.605. The van der Waals surface area contributed by atoms with Crippen molar-refractivity contribution in [3.63, 3.8) is 0 Å². The average Bonchev–Trinajstić information content (AvgIpc) is 3.65. The van der Waals surface area contributed by atoms with Gasteiger partial charge in [-0.2, -0.15) is 0 Å². The fraction of sp³-hybridized carbons (Fsp3) is 0.364. The van der Waals surface area contributed by atoms with Gasteiger partial charge in [0.05, 0.1) is 0 Å². The van der Waals surface area contributed by atoms with Gasteiger partial charge in [-0.25, -0.2) is 4.79 Å². The van der Waals surface area contributed by atoms with E-state index in [-0.39, 0.29) is 36.6 Å². The van der Waals surface area contributed by atoms with Crippen LogP contribution in [0.25, 0.3) is 0 Å². The van der Waals surface area contributed by atoms with E-state index in [1.54, 1.807) is 37.8 Å². The quantitative estimate of drug-likeness (QED) is 0.321. The smallest absolute Gasteiger partial charge is 0.408 e. The van der Waals surface area contributed by atoms with Crippen molar-refractivity contribution in [1.29, 1.82) is 0 Å². The van der Waals surface area contributed by atoms with Crippen LogP contribution < -0.4 is 10.6 Å². The zero-order valence-electron chi connectivity index (χ0n) is 24.0. The summed E-state index contributed by atoms with van der Waals surface area (Å²) in [5.41, 5.74) is 1.50. The lowest BCUT2D eigenvalue weighted by Crippen LogP contribution is -2.54. The highest BCUT2D eigenvalue weighted by molar-refractivity contribution is 5.93. The Hall–Kier alpha value is -4.33. The highest BCUT2D eigenvalue weighted by Crippen LogP contribution is 2.41. The minimum atomic E-state index is -1.02. The molecule has 41 heavy (non-hydrogen) atoms. The molecule has 3 aromatic rings. The maximum Gasteiger partial charge on any atom is 0.408 e. The molecular weight excluding hydrogens is 518 g/mol. The number of nitrogens with zero attached hydrogens (tertiary/aromatic N) is 1. The van der Waals surface area contributed by atoms with E-state index < -0.39 is 29.7 Å². The molecular formula is C33H39N3O5. The Bertz CT molecular complexity index is 1340. The number of nitrogens with one attached hydrogen (secondary N) is 2. The number of ether oxygens (including phenoxy) is 1. The Kier molecular flexibility index (Phi) is 9.32. The van der Waals surface area contributed by atoms with E-state index in [0.717, 1.165) is 17.5 Å². The molecule has 0 bridgehead atoms. The second kappa shape index (κ2) is 12.9. The highest BCUT2D eigenvalue weighted by Gasteiger charge is 2.48. The zero-order valence-corrected chi connectivity index (χ0v) is 24.0. The van der Waals surface area contributed by atoms with Crippen molar-refractivity contribution in [2.75, 3.05) is 0 Å². The molecule has 3 N–H and O–H groups in total. The van der Waals surface area contributed by atoms with Crippen LogP contribution in [0, 0.1) is 5.92 Å². The summed E-state index contributed by atoms with van der Waals surface area (Å²) in [5, 5.41) is 16.1. The number of benzene rings is 3. The van der Waals surface area contributed by atoms with Gasteiger partial charge in [0.25, 0.3) is 0 Å². The molecule has 1 saturated carbocycles. The number of phenolic OH excluding ortho intramolecular Hbond substituents is 1. The van der Waals surface area contributed by atoms with E-state index in [1.807, 2.05) is 67.6 Å². The van der Waals surface area contributed by atoms with Crippen molar-refractivity contribution >= 4 is 17.9 Å². The third kappa shape index (κ3) is 8.33. The van der Waals surface area contributed by atoms with E-state index in [2.05, 4.69) is 10.6 Å². The molecule has 0 saturated heterocycles. The van der Waals surface area contributed by atoms with E-state index in [1.165, 1.54) is 12.1 Å². The van der Waals surface area contributed by atoms with Gasteiger partial charge in [-0.05, 0) is 61.9 Å². The molecule has 4 unspecified atom stereocenters. The summed E-state index contributed by atoms with van der Waals surface area (Å²) in [6, 6.07) is 23.1. The lowest BCUT2D eigenvalue weighted by Gasteiger charge is -2.35. The van der Waals surface area contributed by atoms with Crippen molar-refractivity contribution in [2.24, 2.45) is 5.92 Å². The van der Waals surface area contributed by atoms with Crippen molar-refractivity contribution in [3.8, 4) is 5.75 Å². The zero-order chi connectivity index (χ0) is 29.6. The number of alkyl carbamates (subject to hydrolysis) is 1. The summed E-state index contributed by atoms with van der Waals surface area (Å²) in [7, 11) is 0. The summed E-state index contributed by atoms with van der Waals surface area (Å²) in [4.78, 5) is 42.9. The van der Waals surface area contributed by atoms with Gasteiger partial charge in [-0.3, -0.25) is 9.59 Å². The lowest BCUT2D eigenvalue weighted by atomic mass is 9.99. The first-order chi connectivity index (χ1) is 19.5. The van der Waals surface area contributed by atoms with E-state index in [0.29, 0.717) is 5.56 Å². The van der Waals surface area contributed by atoms with Crippen LogP contribution in [0.3, 0.4) is 0 Å². The van der Waals surface area contributed by atoms with Crippen LogP contribution in [-0.4, -0.2) is 45.6 Å². The molecule has 3 aromatic carbocycles. The molecule has 4 rings (SSSR count). The third-order valence-electron chi connectivity index (χ3n) is 6.97. The van der Waals surface area contributed by atoms with Gasteiger partial charge >= 0.3 is 6.09 Å². The van der Waals surface area contributed by atoms with Crippen LogP contribution >= 0.6 is 0 Å². The van der Waals surface area contributed by atoms with Gasteiger partial charge in [-0.15, -0.1) is 0 Å². The van der Waals surface area contributed by atoms with Gasteiger partial charge in [0.1, 0.15) is 23.4 Å². The summed E-state index contributed by atoms with van der Waals surface area (Å²) < 4.78 is 5.50. The van der Waals surface area contributed by atoms with E-state index in [9.17, 15) is 19.5 Å². The van der Waals surface area contributed by atoms with Crippen LogP contribution in [0.1, 0.15) is 56.8 Å². The number of phenols is 1. The molecule has 0 aliphatic heterocycles. The SMILES string of the molecule is CC1CC1N(C(=O)C(Cc1ccccc1)NC(=O)OC(C)(C)C)C(C(=O)NCc1ccccc1)c1cccc(O)c1. The maximum absolute atomic E-state index is 14.5. The molecule has 1 aliphatic rings. The van der Waals surface area contributed by atoms with Gasteiger partial charge < -0.3 is 25.4 Å². The van der Waals surface area contributed by atoms with Crippen molar-refractivity contribution in [1.82, 2.24) is 15.5 Å². The molecule has 4 atom stereocenters. The molecule has 1 aliphatic carbocycles. The Labute approximate surface area is 241 Å². The first-order valence-corrected chi connectivity index (χ1v) is 14.0. The fourth-order valence-electron chi connectivity index (χ4n) is 4.87. The van der Waals surface area contributed by atoms with Crippen molar-refractivity contribution in [3.05, 3.63) is 102 Å². The maximum atomic E-state index is 14.5. The van der Waals surface area contributed by atoms with E-state index in [4.69, 9.17) is 4.74 Å². The van der Waals surface area contributed by atoms with Crippen LogP contribution in [0.2, 0.25) is 0 Å². The average molecular weight is 558 g/mol. The number of carbonyl (C=O) groups is 3. The van der Waals surface area contributed by atoms with Crippen molar-refractivity contribution < 1.29 is 24.2 Å². The summed E-state index contributed by atoms with van der Waals surface area (Å²) in [6.45, 7) is 7.58. The predicted octanol–water partition coefficient (Wildman–Crippen LogP) is 5.12. The van der Waals surface area contributed by atoms with Crippen molar-refractivity contribution in [2.45, 2.75) is 70.8 Å². The highest BCUT2D eigenvalue weighted by atomic mass is 16.6. The topological polar surface area (TPSA) is 108 Å². The lowest BCUT2D eigenvalue weighted by molar-refractivity contribution is -0.143. The number of aromatic hydroxyl groups is 1. The van der Waals surface area contributed by atoms with Gasteiger partial charge in [0, 0.05) is 19.0 Å². The monoisotopic (exact) mass is 557 g/mol. The Morgan fingerprint density at radius 2 is 1.56 bits per heavy atom. The first kappa shape index (κ1) is 29.6. The molecule has 0 aromatic heterocycles. The normalized spacial score (nSPS) is 17.6. The number of carbonyl (C=O) groups excluding carboxylic acids is 3. The number of hydrogen-bond donors (Lipinski definition) is 3. The van der Waals surface area contributed by atoms with Gasteiger partial charge in [0.2, 0.25) is 11.8 Å². The summed E-state index contributed by atoms with van der Waals surface area (Å²) >= 11 is 0. The number of hydrogen-bond acceptors (Lipinski definition) is 5. The molecule has 8 nitrogen and oxygen atoms in total. The minimum Gasteiger partial charge on any atom is -0.508 e. The first-order valence-electron chi connectivity index (χ1n) is 14.0. The van der Waals surface area contributed by atoms with Gasteiger partial charge in [0.15, 0.2) is 0 Å². The van der Waals surface area contributed by atoms with Crippen LogP contribution in [0.15, 0.2) is 84.9 Å². The standard InChI is InChI=1S/C33H39N3O5/c1-22-18-28(22)36(31(39)27(19-23-12-7-5-8-13-23)35-32(40)41-33(2,3)4)29(25-16-11-17-26(37)20-25)30(38)34-21-24-14-9-6-10-15-24/h5-17,20,22,27-29,37H,18-19,21H2,1-4H3,(H,34,38)(H,35,40). The molecule has 0 spiro atoms. The molecule has 1 fully saturated rings. The molecule has 3 amide bonds. The Morgan fingerprint density at radius 3 is 2.12 bits per heavy atom. The van der Waals surface area contributed by atoms with E-state index >= 15 is 0 Å². The molecule has 0 radical (unpaired) electrons.